The standard InChI is InChI=1S/C16H24N2O2S2/c1-11-10-21-15(17-11)22-13-6-4-12(5-7-13)18-14(19)16(20)8-2-3-9-16/h10,12-13,20H,2-9H2,1H3,(H,18,19). The molecule has 122 valence electrons. The summed E-state index contributed by atoms with van der Waals surface area (Å²) < 4.78 is 1.16. The van der Waals surface area contributed by atoms with Crippen LogP contribution in [0.15, 0.2) is 9.72 Å². The highest BCUT2D eigenvalue weighted by atomic mass is 32.2. The fourth-order valence-corrected chi connectivity index (χ4v) is 5.65. The molecule has 22 heavy (non-hydrogen) atoms. The van der Waals surface area contributed by atoms with Gasteiger partial charge in [-0.3, -0.25) is 4.79 Å². The molecule has 0 spiro atoms. The summed E-state index contributed by atoms with van der Waals surface area (Å²) in [6, 6.07) is 0.229. The van der Waals surface area contributed by atoms with Gasteiger partial charge in [0, 0.05) is 22.4 Å². The molecule has 6 heteroatoms. The Labute approximate surface area is 140 Å². The highest BCUT2D eigenvalue weighted by molar-refractivity contribution is 8.01. The van der Waals surface area contributed by atoms with Gasteiger partial charge in [0.05, 0.1) is 0 Å². The molecule has 0 unspecified atom stereocenters. The van der Waals surface area contributed by atoms with Crippen molar-refractivity contribution in [3.8, 4) is 0 Å². The zero-order valence-electron chi connectivity index (χ0n) is 13.0. The van der Waals surface area contributed by atoms with Crippen LogP contribution < -0.4 is 5.32 Å². The van der Waals surface area contributed by atoms with Crippen molar-refractivity contribution in [3.05, 3.63) is 11.1 Å². The second-order valence-electron chi connectivity index (χ2n) is 6.56. The van der Waals surface area contributed by atoms with Crippen LogP contribution in [0.4, 0.5) is 0 Å². The molecule has 1 amide bonds. The summed E-state index contributed by atoms with van der Waals surface area (Å²) in [5, 5.41) is 16.1. The number of thiazole rings is 1. The topological polar surface area (TPSA) is 62.2 Å². The number of aryl methyl sites for hydroxylation is 1. The lowest BCUT2D eigenvalue weighted by Crippen LogP contribution is -2.49. The molecule has 0 aliphatic heterocycles. The Morgan fingerprint density at radius 1 is 1.36 bits per heavy atom. The first-order chi connectivity index (χ1) is 10.5. The van der Waals surface area contributed by atoms with Crippen molar-refractivity contribution in [1.29, 1.82) is 0 Å². The summed E-state index contributed by atoms with van der Waals surface area (Å²) in [4.78, 5) is 16.7. The van der Waals surface area contributed by atoms with Gasteiger partial charge in [-0.15, -0.1) is 11.3 Å². The normalized spacial score (nSPS) is 27.7. The molecule has 0 saturated heterocycles. The minimum atomic E-state index is -1.09. The Bertz CT molecular complexity index is 518. The number of hydrogen-bond donors (Lipinski definition) is 2. The van der Waals surface area contributed by atoms with Gasteiger partial charge in [0.25, 0.3) is 5.91 Å². The van der Waals surface area contributed by atoms with Gasteiger partial charge in [0.15, 0.2) is 0 Å². The number of rotatable bonds is 4. The zero-order valence-corrected chi connectivity index (χ0v) is 14.6. The van der Waals surface area contributed by atoms with Crippen LogP contribution in [0.1, 0.15) is 57.1 Å². The van der Waals surface area contributed by atoms with Crippen LogP contribution in [-0.2, 0) is 4.79 Å². The monoisotopic (exact) mass is 340 g/mol. The van der Waals surface area contributed by atoms with Crippen molar-refractivity contribution in [3.63, 3.8) is 0 Å². The van der Waals surface area contributed by atoms with Crippen LogP contribution in [-0.4, -0.2) is 32.9 Å². The van der Waals surface area contributed by atoms with Gasteiger partial charge in [-0.05, 0) is 58.3 Å². The quantitative estimate of drug-likeness (QED) is 0.883. The molecule has 1 aromatic heterocycles. The van der Waals surface area contributed by atoms with Crippen molar-refractivity contribution < 1.29 is 9.90 Å². The van der Waals surface area contributed by atoms with Gasteiger partial charge in [-0.25, -0.2) is 4.98 Å². The number of amides is 1. The van der Waals surface area contributed by atoms with Gasteiger partial charge in [0.1, 0.15) is 9.94 Å². The number of hydrogen-bond acceptors (Lipinski definition) is 5. The molecule has 2 N–H and O–H groups in total. The fraction of sp³-hybridized carbons (Fsp3) is 0.750. The summed E-state index contributed by atoms with van der Waals surface area (Å²) in [6.07, 6.45) is 7.37. The molecular formula is C16H24N2O2S2. The van der Waals surface area contributed by atoms with Crippen LogP contribution in [0.3, 0.4) is 0 Å². The Morgan fingerprint density at radius 2 is 2.05 bits per heavy atom. The maximum Gasteiger partial charge on any atom is 0.252 e. The van der Waals surface area contributed by atoms with E-state index >= 15 is 0 Å². The maximum absolute atomic E-state index is 12.2. The lowest BCUT2D eigenvalue weighted by atomic mass is 9.93. The van der Waals surface area contributed by atoms with Gasteiger partial charge in [-0.1, -0.05) is 11.8 Å². The first-order valence-electron chi connectivity index (χ1n) is 8.17. The van der Waals surface area contributed by atoms with Crippen LogP contribution in [0, 0.1) is 6.92 Å². The maximum atomic E-state index is 12.2. The number of nitrogens with one attached hydrogen (secondary N) is 1. The van der Waals surface area contributed by atoms with Crippen LogP contribution >= 0.6 is 23.1 Å². The predicted octanol–water partition coefficient (Wildman–Crippen LogP) is 3.28. The smallest absolute Gasteiger partial charge is 0.252 e. The molecule has 1 heterocycles. The molecule has 3 rings (SSSR count). The Kier molecular flexibility index (Phi) is 5.10. The van der Waals surface area contributed by atoms with Crippen LogP contribution in [0.5, 0.6) is 0 Å². The molecule has 1 aromatic rings. The SMILES string of the molecule is Cc1csc(SC2CCC(NC(=O)C3(O)CCCC3)CC2)n1. The van der Waals surface area contributed by atoms with E-state index in [1.807, 2.05) is 18.7 Å². The number of nitrogens with zero attached hydrogens (tertiary/aromatic N) is 1. The lowest BCUT2D eigenvalue weighted by Gasteiger charge is -2.31. The van der Waals surface area contributed by atoms with Gasteiger partial charge < -0.3 is 10.4 Å². The van der Waals surface area contributed by atoms with E-state index in [-0.39, 0.29) is 11.9 Å². The number of aromatic nitrogens is 1. The largest absolute Gasteiger partial charge is 0.380 e. The molecule has 2 aliphatic carbocycles. The molecule has 2 saturated carbocycles. The Hall–Kier alpha value is -0.590. The van der Waals surface area contributed by atoms with Crippen molar-refractivity contribution >= 4 is 29.0 Å². The first-order valence-corrected chi connectivity index (χ1v) is 9.93. The second kappa shape index (κ2) is 6.89. The third-order valence-corrected chi connectivity index (χ3v) is 7.16. The molecule has 0 bridgehead atoms. The molecule has 0 aromatic carbocycles. The minimum absolute atomic E-state index is 0.142. The van der Waals surface area contributed by atoms with E-state index in [1.54, 1.807) is 11.3 Å². The molecular weight excluding hydrogens is 316 g/mol. The summed E-state index contributed by atoms with van der Waals surface area (Å²) in [5.74, 6) is -0.142. The first kappa shape index (κ1) is 16.3. The molecule has 2 fully saturated rings. The Morgan fingerprint density at radius 3 is 2.64 bits per heavy atom. The molecule has 0 radical (unpaired) electrons. The average Bonchev–Trinajstić information content (AvgIpc) is 3.11. The van der Waals surface area contributed by atoms with E-state index in [1.165, 1.54) is 0 Å². The van der Waals surface area contributed by atoms with E-state index in [9.17, 15) is 9.90 Å². The third kappa shape index (κ3) is 3.84. The van der Waals surface area contributed by atoms with Crippen LogP contribution in [0.25, 0.3) is 0 Å². The number of thioether (sulfide) groups is 1. The number of carbonyl (C=O) groups is 1. The molecule has 0 atom stereocenters. The number of carbonyl (C=O) groups excluding carboxylic acids is 1. The lowest BCUT2D eigenvalue weighted by molar-refractivity contribution is -0.140. The predicted molar refractivity (Wildman–Crippen MR) is 90.3 cm³/mol. The van der Waals surface area contributed by atoms with E-state index in [0.29, 0.717) is 18.1 Å². The van der Waals surface area contributed by atoms with E-state index in [2.05, 4.69) is 15.7 Å². The van der Waals surface area contributed by atoms with Gasteiger partial charge in [0.2, 0.25) is 0 Å². The summed E-state index contributed by atoms with van der Waals surface area (Å²) >= 11 is 3.60. The third-order valence-electron chi connectivity index (χ3n) is 4.73. The molecule has 2 aliphatic rings. The summed E-state index contributed by atoms with van der Waals surface area (Å²) in [5.41, 5.74) is 0.00237. The van der Waals surface area contributed by atoms with E-state index in [4.69, 9.17) is 0 Å². The second-order valence-corrected chi connectivity index (χ2v) is 8.96. The number of aliphatic hydroxyl groups is 1. The fourth-order valence-electron chi connectivity index (χ4n) is 3.36. The van der Waals surface area contributed by atoms with E-state index in [0.717, 1.165) is 48.6 Å². The van der Waals surface area contributed by atoms with Crippen molar-refractivity contribution in [2.45, 2.75) is 79.5 Å². The van der Waals surface area contributed by atoms with Crippen molar-refractivity contribution in [1.82, 2.24) is 10.3 Å². The minimum Gasteiger partial charge on any atom is -0.380 e. The van der Waals surface area contributed by atoms with Gasteiger partial charge >= 0.3 is 0 Å². The van der Waals surface area contributed by atoms with Crippen molar-refractivity contribution in [2.75, 3.05) is 0 Å². The highest BCUT2D eigenvalue weighted by Crippen LogP contribution is 2.36. The summed E-state index contributed by atoms with van der Waals surface area (Å²) in [6.45, 7) is 2.03. The Balaban J connectivity index is 1.44. The molecule has 4 nitrogen and oxygen atoms in total. The highest BCUT2D eigenvalue weighted by Gasteiger charge is 2.39. The van der Waals surface area contributed by atoms with Crippen LogP contribution in [0.2, 0.25) is 0 Å². The average molecular weight is 341 g/mol. The summed E-state index contributed by atoms with van der Waals surface area (Å²) in [7, 11) is 0. The zero-order chi connectivity index (χ0) is 15.6. The van der Waals surface area contributed by atoms with Gasteiger partial charge in [-0.2, -0.15) is 0 Å². The van der Waals surface area contributed by atoms with E-state index < -0.39 is 5.60 Å². The van der Waals surface area contributed by atoms with Crippen molar-refractivity contribution in [2.24, 2.45) is 0 Å².